The van der Waals surface area contributed by atoms with Crippen LogP contribution in [0.4, 0.5) is 0 Å². The van der Waals surface area contributed by atoms with Crippen LogP contribution in [0.1, 0.15) is 32.6 Å². The maximum atomic E-state index is 11.7. The second-order valence-corrected chi connectivity index (χ2v) is 4.38. The number of likely N-dealkylation sites (tertiary alicyclic amines) is 1. The molecule has 1 aliphatic rings. The first-order chi connectivity index (χ1) is 7.27. The van der Waals surface area contributed by atoms with Crippen LogP contribution in [0.25, 0.3) is 0 Å². The molecule has 0 N–H and O–H groups in total. The van der Waals surface area contributed by atoms with E-state index in [-0.39, 0.29) is 0 Å². The number of carbonyl (C=O) groups excluding carboxylic acids is 1. The molecular formula is C12H20ClNO. The minimum Gasteiger partial charge on any atom is -0.339 e. The smallest absolute Gasteiger partial charge is 0.222 e. The SMILES string of the molecule is CCC1CCC(=O)N(CC=CCCl)CC1. The van der Waals surface area contributed by atoms with Gasteiger partial charge in [0.05, 0.1) is 0 Å². The number of allylic oxidation sites excluding steroid dienone is 1. The van der Waals surface area contributed by atoms with Gasteiger partial charge >= 0.3 is 0 Å². The Labute approximate surface area is 97.3 Å². The highest BCUT2D eigenvalue weighted by Gasteiger charge is 2.20. The average Bonchev–Trinajstić information content (AvgIpc) is 2.42. The van der Waals surface area contributed by atoms with E-state index in [9.17, 15) is 4.79 Å². The minimum atomic E-state index is 0.296. The second-order valence-electron chi connectivity index (χ2n) is 4.07. The van der Waals surface area contributed by atoms with Crippen LogP contribution >= 0.6 is 11.6 Å². The zero-order chi connectivity index (χ0) is 11.1. The van der Waals surface area contributed by atoms with Crippen LogP contribution in [-0.2, 0) is 4.79 Å². The summed E-state index contributed by atoms with van der Waals surface area (Å²) in [5, 5.41) is 0. The van der Waals surface area contributed by atoms with E-state index in [1.54, 1.807) is 0 Å². The Hall–Kier alpha value is -0.500. The molecule has 1 saturated heterocycles. The summed E-state index contributed by atoms with van der Waals surface area (Å²) in [6.45, 7) is 3.84. The van der Waals surface area contributed by atoms with Crippen LogP contribution in [0.15, 0.2) is 12.2 Å². The van der Waals surface area contributed by atoms with Gasteiger partial charge in [-0.2, -0.15) is 0 Å². The summed E-state index contributed by atoms with van der Waals surface area (Å²) >= 11 is 5.54. The van der Waals surface area contributed by atoms with Crippen molar-refractivity contribution in [1.29, 1.82) is 0 Å². The highest BCUT2D eigenvalue weighted by molar-refractivity contribution is 6.18. The summed E-state index contributed by atoms with van der Waals surface area (Å²) in [6.07, 6.45) is 8.00. The van der Waals surface area contributed by atoms with Crippen molar-refractivity contribution < 1.29 is 4.79 Å². The molecule has 1 fully saturated rings. The molecule has 0 aromatic rings. The quantitative estimate of drug-likeness (QED) is 0.536. The molecule has 86 valence electrons. The number of alkyl halides is 1. The predicted molar refractivity (Wildman–Crippen MR) is 64.1 cm³/mol. The van der Waals surface area contributed by atoms with Crippen molar-refractivity contribution in [3.63, 3.8) is 0 Å². The first-order valence-electron chi connectivity index (χ1n) is 5.76. The fraction of sp³-hybridized carbons (Fsp3) is 0.750. The molecule has 0 spiro atoms. The molecule has 1 atom stereocenters. The van der Waals surface area contributed by atoms with E-state index in [0.29, 0.717) is 18.2 Å². The van der Waals surface area contributed by atoms with E-state index in [4.69, 9.17) is 11.6 Å². The summed E-state index contributed by atoms with van der Waals surface area (Å²) in [7, 11) is 0. The molecule has 0 aromatic heterocycles. The molecule has 1 amide bonds. The summed E-state index contributed by atoms with van der Waals surface area (Å²) in [6, 6.07) is 0. The molecule has 1 rings (SSSR count). The molecule has 1 unspecified atom stereocenters. The van der Waals surface area contributed by atoms with Gasteiger partial charge in [0.15, 0.2) is 0 Å². The van der Waals surface area contributed by atoms with Crippen molar-refractivity contribution in [3.8, 4) is 0 Å². The van der Waals surface area contributed by atoms with Gasteiger partial charge in [0.2, 0.25) is 5.91 Å². The Bertz CT molecular complexity index is 228. The number of hydrogen-bond acceptors (Lipinski definition) is 1. The Balaban J connectivity index is 2.42. The molecule has 2 nitrogen and oxygen atoms in total. The highest BCUT2D eigenvalue weighted by atomic mass is 35.5. The lowest BCUT2D eigenvalue weighted by molar-refractivity contribution is -0.130. The van der Waals surface area contributed by atoms with Crippen LogP contribution < -0.4 is 0 Å². The van der Waals surface area contributed by atoms with E-state index in [1.165, 1.54) is 6.42 Å². The third-order valence-corrected chi connectivity index (χ3v) is 3.26. The second kappa shape index (κ2) is 6.89. The van der Waals surface area contributed by atoms with Gasteiger partial charge < -0.3 is 4.90 Å². The first-order valence-corrected chi connectivity index (χ1v) is 6.30. The van der Waals surface area contributed by atoms with Gasteiger partial charge in [-0.25, -0.2) is 0 Å². The van der Waals surface area contributed by atoms with Crippen LogP contribution in [0, 0.1) is 5.92 Å². The van der Waals surface area contributed by atoms with Crippen LogP contribution in [0.3, 0.4) is 0 Å². The Morgan fingerprint density at radius 2 is 2.27 bits per heavy atom. The van der Waals surface area contributed by atoms with Crippen LogP contribution in [0.5, 0.6) is 0 Å². The maximum absolute atomic E-state index is 11.7. The van der Waals surface area contributed by atoms with Crippen LogP contribution in [0.2, 0.25) is 0 Å². The number of hydrogen-bond donors (Lipinski definition) is 0. The molecule has 3 heteroatoms. The van der Waals surface area contributed by atoms with E-state index in [1.807, 2.05) is 17.1 Å². The predicted octanol–water partition coefficient (Wildman–Crippen LogP) is 2.82. The highest BCUT2D eigenvalue weighted by Crippen LogP contribution is 2.20. The van der Waals surface area contributed by atoms with Gasteiger partial charge in [0.1, 0.15) is 0 Å². The number of rotatable bonds is 4. The van der Waals surface area contributed by atoms with Crippen molar-refractivity contribution >= 4 is 17.5 Å². The monoisotopic (exact) mass is 229 g/mol. The molecule has 0 saturated carbocycles. The summed E-state index contributed by atoms with van der Waals surface area (Å²) in [5.74, 6) is 1.56. The van der Waals surface area contributed by atoms with E-state index in [2.05, 4.69) is 6.92 Å². The molecule has 1 heterocycles. The number of halogens is 1. The van der Waals surface area contributed by atoms with Gasteiger partial charge in [0.25, 0.3) is 0 Å². The molecular weight excluding hydrogens is 210 g/mol. The fourth-order valence-electron chi connectivity index (χ4n) is 1.96. The molecule has 0 radical (unpaired) electrons. The van der Waals surface area contributed by atoms with Crippen molar-refractivity contribution in [2.45, 2.75) is 32.6 Å². The molecule has 0 aromatic carbocycles. The molecule has 0 bridgehead atoms. The fourth-order valence-corrected chi connectivity index (χ4v) is 2.09. The Morgan fingerprint density at radius 1 is 1.47 bits per heavy atom. The standard InChI is InChI=1S/C12H20ClNO/c1-2-11-5-6-12(15)14(10-7-11)9-4-3-8-13/h3-4,11H,2,5-10H2,1H3. The summed E-state index contributed by atoms with van der Waals surface area (Å²) in [5.41, 5.74) is 0. The van der Waals surface area contributed by atoms with Gasteiger partial charge in [-0.1, -0.05) is 25.5 Å². The lowest BCUT2D eigenvalue weighted by atomic mass is 9.98. The van der Waals surface area contributed by atoms with Crippen molar-refractivity contribution in [2.24, 2.45) is 5.92 Å². The Morgan fingerprint density at radius 3 is 2.93 bits per heavy atom. The van der Waals surface area contributed by atoms with Gasteiger partial charge in [0, 0.05) is 25.4 Å². The minimum absolute atomic E-state index is 0.296. The zero-order valence-corrected chi connectivity index (χ0v) is 10.2. The van der Waals surface area contributed by atoms with E-state index < -0.39 is 0 Å². The van der Waals surface area contributed by atoms with E-state index >= 15 is 0 Å². The largest absolute Gasteiger partial charge is 0.339 e. The van der Waals surface area contributed by atoms with Gasteiger partial charge in [-0.15, -0.1) is 11.6 Å². The number of amides is 1. The summed E-state index contributed by atoms with van der Waals surface area (Å²) < 4.78 is 0. The lowest BCUT2D eigenvalue weighted by Crippen LogP contribution is -2.30. The van der Waals surface area contributed by atoms with E-state index in [0.717, 1.165) is 31.8 Å². The van der Waals surface area contributed by atoms with Gasteiger partial charge in [-0.05, 0) is 18.8 Å². The lowest BCUT2D eigenvalue weighted by Gasteiger charge is -2.18. The number of nitrogens with zero attached hydrogens (tertiary/aromatic N) is 1. The van der Waals surface area contributed by atoms with Gasteiger partial charge in [-0.3, -0.25) is 4.79 Å². The molecule has 0 aliphatic carbocycles. The molecule has 1 aliphatic heterocycles. The summed E-state index contributed by atoms with van der Waals surface area (Å²) in [4.78, 5) is 13.7. The third kappa shape index (κ3) is 4.25. The van der Waals surface area contributed by atoms with Crippen molar-refractivity contribution in [2.75, 3.05) is 19.0 Å². The first kappa shape index (κ1) is 12.6. The van der Waals surface area contributed by atoms with Crippen molar-refractivity contribution in [1.82, 2.24) is 4.90 Å². The third-order valence-electron chi connectivity index (χ3n) is 3.09. The molecule has 15 heavy (non-hydrogen) atoms. The normalized spacial score (nSPS) is 23.5. The number of carbonyl (C=O) groups is 1. The zero-order valence-electron chi connectivity index (χ0n) is 9.42. The maximum Gasteiger partial charge on any atom is 0.222 e. The average molecular weight is 230 g/mol. The van der Waals surface area contributed by atoms with Crippen molar-refractivity contribution in [3.05, 3.63) is 12.2 Å². The topological polar surface area (TPSA) is 20.3 Å². The van der Waals surface area contributed by atoms with Crippen LogP contribution in [-0.4, -0.2) is 29.8 Å². The Kier molecular flexibility index (Phi) is 5.77.